The molecular weight excluding hydrogens is 224 g/mol. The van der Waals surface area contributed by atoms with Gasteiger partial charge in [-0.25, -0.2) is 0 Å². The van der Waals surface area contributed by atoms with Gasteiger partial charge in [0.15, 0.2) is 0 Å². The van der Waals surface area contributed by atoms with E-state index in [2.05, 4.69) is 4.90 Å². The average molecular weight is 250 g/mol. The third kappa shape index (κ3) is 2.18. The maximum atomic E-state index is 12.5. The molecule has 2 unspecified atom stereocenters. The topological polar surface area (TPSA) is 46.3 Å². The third-order valence-corrected chi connectivity index (χ3v) is 5.69. The number of carbonyl (C=O) groups is 1. The van der Waals surface area contributed by atoms with Crippen LogP contribution in [0.25, 0.3) is 0 Å². The van der Waals surface area contributed by atoms with Crippen molar-refractivity contribution in [3.05, 3.63) is 0 Å². The van der Waals surface area contributed by atoms with Gasteiger partial charge in [-0.3, -0.25) is 4.79 Å². The lowest BCUT2D eigenvalue weighted by Crippen LogP contribution is -2.47. The molecule has 3 fully saturated rings. The van der Waals surface area contributed by atoms with Gasteiger partial charge < -0.3 is 10.6 Å². The Morgan fingerprint density at radius 2 is 1.67 bits per heavy atom. The van der Waals surface area contributed by atoms with Crippen LogP contribution < -0.4 is 5.73 Å². The van der Waals surface area contributed by atoms with Gasteiger partial charge in [0.25, 0.3) is 0 Å². The summed E-state index contributed by atoms with van der Waals surface area (Å²) in [5.41, 5.74) is 6.66. The molecule has 102 valence electrons. The van der Waals surface area contributed by atoms with Gasteiger partial charge in [0.05, 0.1) is 5.92 Å². The van der Waals surface area contributed by atoms with Crippen molar-refractivity contribution in [1.29, 1.82) is 0 Å². The maximum absolute atomic E-state index is 12.5. The van der Waals surface area contributed by atoms with E-state index >= 15 is 0 Å². The molecule has 1 saturated heterocycles. The molecule has 3 aliphatic rings. The highest BCUT2D eigenvalue weighted by molar-refractivity contribution is 5.80. The number of carbonyl (C=O) groups excluding carboxylic acids is 1. The number of hydrogen-bond acceptors (Lipinski definition) is 2. The quantitative estimate of drug-likeness (QED) is 0.776. The van der Waals surface area contributed by atoms with Crippen molar-refractivity contribution in [2.75, 3.05) is 13.1 Å². The molecule has 3 nitrogen and oxygen atoms in total. The Balaban J connectivity index is 1.57. The van der Waals surface area contributed by atoms with Crippen LogP contribution >= 0.6 is 0 Å². The van der Waals surface area contributed by atoms with Gasteiger partial charge in [-0.15, -0.1) is 0 Å². The molecule has 1 spiro atoms. The van der Waals surface area contributed by atoms with Crippen LogP contribution in [0.2, 0.25) is 0 Å². The van der Waals surface area contributed by atoms with E-state index in [1.165, 1.54) is 38.5 Å². The summed E-state index contributed by atoms with van der Waals surface area (Å²) in [6, 6.07) is 0.125. The summed E-state index contributed by atoms with van der Waals surface area (Å²) in [6.07, 6.45) is 11.3. The summed E-state index contributed by atoms with van der Waals surface area (Å²) >= 11 is 0. The number of nitrogens with two attached hydrogens (primary N) is 1. The fourth-order valence-corrected chi connectivity index (χ4v) is 4.36. The molecule has 3 rings (SSSR count). The minimum absolute atomic E-state index is 0.125. The highest BCUT2D eigenvalue weighted by atomic mass is 16.2. The first-order valence-corrected chi connectivity index (χ1v) is 7.75. The minimum atomic E-state index is 0.125. The van der Waals surface area contributed by atoms with Gasteiger partial charge in [-0.1, -0.05) is 19.3 Å². The largest absolute Gasteiger partial charge is 0.342 e. The van der Waals surface area contributed by atoms with E-state index in [4.69, 9.17) is 5.73 Å². The summed E-state index contributed by atoms with van der Waals surface area (Å²) in [6.45, 7) is 1.98. The van der Waals surface area contributed by atoms with Crippen LogP contribution in [0.5, 0.6) is 0 Å². The summed E-state index contributed by atoms with van der Waals surface area (Å²) in [5.74, 6) is 0.482. The molecule has 2 N–H and O–H groups in total. The first kappa shape index (κ1) is 12.5. The van der Waals surface area contributed by atoms with E-state index in [0.717, 1.165) is 32.4 Å². The zero-order valence-electron chi connectivity index (χ0n) is 11.4. The first-order valence-electron chi connectivity index (χ1n) is 7.75. The summed E-state index contributed by atoms with van der Waals surface area (Å²) < 4.78 is 0. The normalized spacial score (nSPS) is 35.3. The van der Waals surface area contributed by atoms with Crippen molar-refractivity contribution in [3.8, 4) is 0 Å². The van der Waals surface area contributed by atoms with Crippen molar-refractivity contribution < 1.29 is 4.79 Å². The van der Waals surface area contributed by atoms with Crippen molar-refractivity contribution >= 4 is 5.91 Å². The lowest BCUT2D eigenvalue weighted by atomic mass is 9.77. The number of hydrogen-bond donors (Lipinski definition) is 1. The second-order valence-electron chi connectivity index (χ2n) is 6.73. The van der Waals surface area contributed by atoms with E-state index in [-0.39, 0.29) is 12.0 Å². The van der Waals surface area contributed by atoms with Crippen LogP contribution in [0, 0.1) is 11.3 Å². The average Bonchev–Trinajstić information content (AvgIpc) is 2.99. The molecule has 2 saturated carbocycles. The number of likely N-dealkylation sites (tertiary alicyclic amines) is 1. The molecular formula is C15H26N2O. The van der Waals surface area contributed by atoms with Gasteiger partial charge in [0.1, 0.15) is 0 Å². The lowest BCUT2D eigenvalue weighted by Gasteiger charge is -2.40. The molecule has 0 aromatic carbocycles. The molecule has 0 aromatic heterocycles. The molecule has 2 aliphatic carbocycles. The molecule has 1 heterocycles. The van der Waals surface area contributed by atoms with Gasteiger partial charge in [0, 0.05) is 19.1 Å². The smallest absolute Gasteiger partial charge is 0.227 e. The van der Waals surface area contributed by atoms with Crippen LogP contribution in [0.1, 0.15) is 57.8 Å². The highest BCUT2D eigenvalue weighted by Crippen LogP contribution is 2.46. The monoisotopic (exact) mass is 250 g/mol. The Bertz CT molecular complexity index is 312. The standard InChI is InChI=1S/C15H26N2O/c16-13-5-3-4-12(13)14(18)17-10-8-15(9-11-17)6-1-2-7-15/h12-13H,1-11,16H2. The van der Waals surface area contributed by atoms with Crippen molar-refractivity contribution in [2.45, 2.75) is 63.8 Å². The Morgan fingerprint density at radius 3 is 2.22 bits per heavy atom. The van der Waals surface area contributed by atoms with Crippen LogP contribution in [0.15, 0.2) is 0 Å². The zero-order valence-corrected chi connectivity index (χ0v) is 11.4. The lowest BCUT2D eigenvalue weighted by molar-refractivity contribution is -0.138. The summed E-state index contributed by atoms with van der Waals surface area (Å²) in [5, 5.41) is 0. The van der Waals surface area contributed by atoms with Gasteiger partial charge >= 0.3 is 0 Å². The van der Waals surface area contributed by atoms with Gasteiger partial charge in [-0.2, -0.15) is 0 Å². The molecule has 0 radical (unpaired) electrons. The minimum Gasteiger partial charge on any atom is -0.342 e. The van der Waals surface area contributed by atoms with Crippen LogP contribution in [-0.4, -0.2) is 29.9 Å². The fraction of sp³-hybridized carbons (Fsp3) is 0.933. The predicted molar refractivity (Wildman–Crippen MR) is 72.0 cm³/mol. The molecule has 18 heavy (non-hydrogen) atoms. The van der Waals surface area contributed by atoms with Gasteiger partial charge in [-0.05, 0) is 43.9 Å². The van der Waals surface area contributed by atoms with E-state index in [9.17, 15) is 4.79 Å². The van der Waals surface area contributed by atoms with E-state index in [1.54, 1.807) is 0 Å². The van der Waals surface area contributed by atoms with Crippen LogP contribution in [-0.2, 0) is 4.79 Å². The SMILES string of the molecule is NC1CCCC1C(=O)N1CCC2(CCCC2)CC1. The molecule has 0 bridgehead atoms. The van der Waals surface area contributed by atoms with Crippen molar-refractivity contribution in [3.63, 3.8) is 0 Å². The van der Waals surface area contributed by atoms with E-state index < -0.39 is 0 Å². The predicted octanol–water partition coefficient (Wildman–Crippen LogP) is 2.30. The van der Waals surface area contributed by atoms with Crippen molar-refractivity contribution in [1.82, 2.24) is 4.90 Å². The van der Waals surface area contributed by atoms with E-state index in [0.29, 0.717) is 11.3 Å². The Hall–Kier alpha value is -0.570. The summed E-state index contributed by atoms with van der Waals surface area (Å²) in [4.78, 5) is 14.6. The molecule has 1 amide bonds. The van der Waals surface area contributed by atoms with Crippen molar-refractivity contribution in [2.24, 2.45) is 17.1 Å². The second kappa shape index (κ2) is 4.84. The zero-order chi connectivity index (χ0) is 12.6. The Labute approximate surface area is 110 Å². The van der Waals surface area contributed by atoms with Gasteiger partial charge in [0.2, 0.25) is 5.91 Å². The number of rotatable bonds is 1. The second-order valence-corrected chi connectivity index (χ2v) is 6.73. The summed E-state index contributed by atoms with van der Waals surface area (Å²) in [7, 11) is 0. The molecule has 0 aromatic rings. The van der Waals surface area contributed by atoms with Crippen LogP contribution in [0.3, 0.4) is 0 Å². The van der Waals surface area contributed by atoms with E-state index in [1.807, 2.05) is 0 Å². The molecule has 2 atom stereocenters. The number of amides is 1. The highest BCUT2D eigenvalue weighted by Gasteiger charge is 2.40. The third-order valence-electron chi connectivity index (χ3n) is 5.69. The Morgan fingerprint density at radius 1 is 1.00 bits per heavy atom. The van der Waals surface area contributed by atoms with Crippen LogP contribution in [0.4, 0.5) is 0 Å². The maximum Gasteiger partial charge on any atom is 0.227 e. The number of nitrogens with zero attached hydrogens (tertiary/aromatic N) is 1. The molecule has 3 heteroatoms. The first-order chi connectivity index (χ1) is 8.70. The molecule has 1 aliphatic heterocycles. The Kier molecular flexibility index (Phi) is 3.35. The fourth-order valence-electron chi connectivity index (χ4n) is 4.36. The number of piperidine rings is 1.